The van der Waals surface area contributed by atoms with Gasteiger partial charge in [-0.3, -0.25) is 14.6 Å². The average molecular weight is 488 g/mol. The average Bonchev–Trinajstić information content (AvgIpc) is 3.54. The van der Waals surface area contributed by atoms with E-state index in [0.29, 0.717) is 37.1 Å². The largest absolute Gasteiger partial charge is 0.381 e. The molecule has 0 bridgehead atoms. The molecular weight excluding hydrogens is 453 g/mol. The lowest BCUT2D eigenvalue weighted by molar-refractivity contribution is -0.0845. The van der Waals surface area contributed by atoms with Gasteiger partial charge < -0.3 is 26.4 Å². The summed E-state index contributed by atoms with van der Waals surface area (Å²) in [5.74, 6) is 0.534. The molecule has 0 radical (unpaired) electrons. The van der Waals surface area contributed by atoms with E-state index in [1.165, 1.54) is 0 Å². The Morgan fingerprint density at radius 1 is 1.20 bits per heavy atom. The quantitative estimate of drug-likeness (QED) is 0.422. The van der Waals surface area contributed by atoms with E-state index in [1.807, 2.05) is 0 Å². The Hall–Kier alpha value is -2.46. The number of ether oxygens (including phenoxy) is 1. The van der Waals surface area contributed by atoms with Gasteiger partial charge in [0.15, 0.2) is 5.82 Å². The summed E-state index contributed by atoms with van der Waals surface area (Å²) in [4.78, 5) is 18.0. The summed E-state index contributed by atoms with van der Waals surface area (Å²) in [7, 11) is 0. The topological polar surface area (TPSA) is 136 Å². The van der Waals surface area contributed by atoms with Gasteiger partial charge in [-0.05, 0) is 12.8 Å². The van der Waals surface area contributed by atoms with Crippen LogP contribution in [0.4, 0.5) is 16.0 Å². The van der Waals surface area contributed by atoms with Crippen molar-refractivity contribution >= 4 is 17.5 Å². The summed E-state index contributed by atoms with van der Waals surface area (Å²) in [6, 6.07) is 2.16. The number of nitrogen functional groups attached to an aromatic ring is 1. The number of piperidine rings is 1. The number of alkyl halides is 1. The zero-order valence-electron chi connectivity index (χ0n) is 19.9. The van der Waals surface area contributed by atoms with E-state index in [1.54, 1.807) is 4.68 Å². The first-order chi connectivity index (χ1) is 17.0. The van der Waals surface area contributed by atoms with Gasteiger partial charge in [0.05, 0.1) is 42.8 Å². The van der Waals surface area contributed by atoms with E-state index >= 15 is 4.39 Å². The number of piperazine rings is 1. The highest BCUT2D eigenvalue weighted by Gasteiger charge is 2.51. The number of aromatic nitrogens is 2. The minimum atomic E-state index is -1.08. The van der Waals surface area contributed by atoms with Crippen molar-refractivity contribution in [3.63, 3.8) is 0 Å². The fourth-order valence-electron chi connectivity index (χ4n) is 6.19. The predicted octanol–water partition coefficient (Wildman–Crippen LogP) is -0.765. The first-order valence-electron chi connectivity index (χ1n) is 12.7. The zero-order chi connectivity index (χ0) is 24.2. The Balaban J connectivity index is 1.14. The summed E-state index contributed by atoms with van der Waals surface area (Å²) in [6.45, 7) is 6.79. The van der Waals surface area contributed by atoms with Gasteiger partial charge in [-0.25, -0.2) is 9.07 Å². The Bertz CT molecular complexity index is 1010. The number of amides is 1. The summed E-state index contributed by atoms with van der Waals surface area (Å²) in [5.41, 5.74) is 6.20. The molecule has 4 atom stereocenters. The van der Waals surface area contributed by atoms with E-state index in [-0.39, 0.29) is 35.6 Å². The summed E-state index contributed by atoms with van der Waals surface area (Å²) >= 11 is 0. The third-order valence-corrected chi connectivity index (χ3v) is 8.62. The van der Waals surface area contributed by atoms with Crippen LogP contribution in [0.1, 0.15) is 23.2 Å². The standard InChI is InChI=1S/C23H34FN9O2/c24-16-8-27-9-17(19(16)32-5-3-31(4-6-32)15-11-35-12-15)29-22(34)18-20(26)30-33-10-14(7-28-21(18)33)23(13-25)1-2-23/h14-17,19,27-28H,1-12H2,(H2,26,30)(H,29,34). The molecule has 1 aliphatic carbocycles. The van der Waals surface area contributed by atoms with Gasteiger partial charge >= 0.3 is 0 Å². The van der Waals surface area contributed by atoms with Crippen LogP contribution in [-0.2, 0) is 11.3 Å². The highest BCUT2D eigenvalue weighted by molar-refractivity contribution is 6.03. The van der Waals surface area contributed by atoms with E-state index in [2.05, 4.69) is 36.9 Å². The van der Waals surface area contributed by atoms with Crippen LogP contribution in [0, 0.1) is 22.7 Å². The summed E-state index contributed by atoms with van der Waals surface area (Å²) in [6.07, 6.45) is 0.724. The molecule has 5 heterocycles. The summed E-state index contributed by atoms with van der Waals surface area (Å²) in [5, 5.41) is 23.4. The smallest absolute Gasteiger partial charge is 0.259 e. The van der Waals surface area contributed by atoms with Crippen molar-refractivity contribution in [1.82, 2.24) is 30.2 Å². The maximum absolute atomic E-state index is 15.2. The van der Waals surface area contributed by atoms with Crippen LogP contribution in [0.5, 0.6) is 0 Å². The number of rotatable bonds is 5. The molecule has 190 valence electrons. The molecule has 12 heteroatoms. The molecule has 35 heavy (non-hydrogen) atoms. The van der Waals surface area contributed by atoms with Crippen LogP contribution in [0.2, 0.25) is 0 Å². The van der Waals surface area contributed by atoms with Crippen molar-refractivity contribution in [2.45, 2.75) is 43.7 Å². The highest BCUT2D eigenvalue weighted by atomic mass is 19.1. The highest BCUT2D eigenvalue weighted by Crippen LogP contribution is 2.53. The molecule has 1 saturated carbocycles. The van der Waals surface area contributed by atoms with Crippen molar-refractivity contribution in [1.29, 1.82) is 5.26 Å². The van der Waals surface area contributed by atoms with Crippen molar-refractivity contribution in [3.05, 3.63) is 5.56 Å². The molecular formula is C23H34FN9O2. The number of nitrogens with zero attached hydrogens (tertiary/aromatic N) is 5. The lowest BCUT2D eigenvalue weighted by atomic mass is 9.89. The van der Waals surface area contributed by atoms with Gasteiger partial charge in [0, 0.05) is 58.3 Å². The van der Waals surface area contributed by atoms with E-state index in [4.69, 9.17) is 10.5 Å². The molecule has 6 rings (SSSR count). The number of nitriles is 1. The number of carbonyl (C=O) groups is 1. The fourth-order valence-corrected chi connectivity index (χ4v) is 6.19. The van der Waals surface area contributed by atoms with Crippen LogP contribution in [0.15, 0.2) is 0 Å². The minimum Gasteiger partial charge on any atom is -0.381 e. The number of nitrogens with two attached hydrogens (primary N) is 1. The predicted molar refractivity (Wildman–Crippen MR) is 126 cm³/mol. The first kappa shape index (κ1) is 23.0. The lowest BCUT2D eigenvalue weighted by Crippen LogP contribution is -2.68. The van der Waals surface area contributed by atoms with Gasteiger partial charge in [0.25, 0.3) is 5.91 Å². The molecule has 0 spiro atoms. The molecule has 1 aromatic heterocycles. The maximum Gasteiger partial charge on any atom is 0.259 e. The normalized spacial score (nSPS) is 33.1. The van der Waals surface area contributed by atoms with Crippen LogP contribution >= 0.6 is 0 Å². The molecule has 1 aromatic rings. The van der Waals surface area contributed by atoms with Gasteiger partial charge in [0.1, 0.15) is 17.6 Å². The number of fused-ring (bicyclic) bond motifs is 1. The van der Waals surface area contributed by atoms with Crippen molar-refractivity contribution in [3.8, 4) is 6.07 Å². The van der Waals surface area contributed by atoms with Crippen molar-refractivity contribution < 1.29 is 13.9 Å². The molecule has 1 amide bonds. The minimum absolute atomic E-state index is 0.139. The molecule has 4 aliphatic heterocycles. The number of halogens is 1. The number of anilines is 2. The second-order valence-corrected chi connectivity index (χ2v) is 10.6. The first-order valence-corrected chi connectivity index (χ1v) is 12.7. The molecule has 5 N–H and O–H groups in total. The Morgan fingerprint density at radius 2 is 1.94 bits per heavy atom. The molecule has 5 aliphatic rings. The molecule has 3 saturated heterocycles. The molecule has 4 fully saturated rings. The van der Waals surface area contributed by atoms with Gasteiger partial charge in [0.2, 0.25) is 0 Å². The third-order valence-electron chi connectivity index (χ3n) is 8.62. The zero-order valence-corrected chi connectivity index (χ0v) is 19.9. The fraction of sp³-hybridized carbons (Fsp3) is 0.783. The van der Waals surface area contributed by atoms with Crippen LogP contribution in [-0.4, -0.2) is 109 Å². The second kappa shape index (κ2) is 8.89. The Kier molecular flexibility index (Phi) is 5.83. The second-order valence-electron chi connectivity index (χ2n) is 10.6. The van der Waals surface area contributed by atoms with Gasteiger partial charge in [-0.1, -0.05) is 0 Å². The van der Waals surface area contributed by atoms with Crippen LogP contribution < -0.4 is 21.7 Å². The van der Waals surface area contributed by atoms with Crippen LogP contribution in [0.3, 0.4) is 0 Å². The van der Waals surface area contributed by atoms with Gasteiger partial charge in [-0.2, -0.15) is 10.4 Å². The van der Waals surface area contributed by atoms with E-state index in [9.17, 15) is 10.1 Å². The van der Waals surface area contributed by atoms with Crippen molar-refractivity contribution in [2.75, 3.05) is 70.1 Å². The number of nitrogens with one attached hydrogen (secondary N) is 3. The van der Waals surface area contributed by atoms with Crippen molar-refractivity contribution in [2.24, 2.45) is 11.3 Å². The Labute approximate surface area is 204 Å². The molecule has 0 aromatic carbocycles. The lowest BCUT2D eigenvalue weighted by Gasteiger charge is -2.48. The van der Waals surface area contributed by atoms with E-state index < -0.39 is 12.2 Å². The maximum atomic E-state index is 15.2. The number of hydrogen-bond donors (Lipinski definition) is 4. The van der Waals surface area contributed by atoms with Gasteiger partial charge in [-0.15, -0.1) is 0 Å². The number of carbonyl (C=O) groups excluding carboxylic acids is 1. The monoisotopic (exact) mass is 487 g/mol. The SMILES string of the molecule is N#CC1(C2CNc3c(C(=O)NC4CNCC(F)C4N4CCN(C5COC5)CC4)c(N)nn3C2)CC1. The molecule has 4 unspecified atom stereocenters. The Morgan fingerprint density at radius 3 is 2.60 bits per heavy atom. The number of hydrogen-bond acceptors (Lipinski definition) is 9. The van der Waals surface area contributed by atoms with Crippen LogP contribution in [0.25, 0.3) is 0 Å². The van der Waals surface area contributed by atoms with E-state index in [0.717, 1.165) is 52.2 Å². The summed E-state index contributed by atoms with van der Waals surface area (Å²) < 4.78 is 22.2. The third kappa shape index (κ3) is 4.04. The molecule has 11 nitrogen and oxygen atoms in total.